The molecule has 0 aliphatic carbocycles. The van der Waals surface area contributed by atoms with Crippen molar-refractivity contribution in [3.8, 4) is 0 Å². The lowest BCUT2D eigenvalue weighted by Gasteiger charge is -2.17. The molecule has 0 aliphatic rings. The van der Waals surface area contributed by atoms with E-state index in [2.05, 4.69) is 10.1 Å². The lowest BCUT2D eigenvalue weighted by molar-refractivity contribution is 0.0765. The molecular formula is C20H18FN3O3. The highest BCUT2D eigenvalue weighted by atomic mass is 19.1. The van der Waals surface area contributed by atoms with Crippen molar-refractivity contribution in [3.05, 3.63) is 82.8 Å². The van der Waals surface area contributed by atoms with Crippen LogP contribution in [0.3, 0.4) is 0 Å². The van der Waals surface area contributed by atoms with Gasteiger partial charge in [0.1, 0.15) is 5.82 Å². The summed E-state index contributed by atoms with van der Waals surface area (Å²) in [6.07, 6.45) is 0.635. The molecule has 0 spiro atoms. The Hall–Kier alpha value is -3.35. The predicted octanol–water partition coefficient (Wildman–Crippen LogP) is 3.27. The fraction of sp³-hybridized carbons (Fsp3) is 0.200. The Morgan fingerprint density at radius 1 is 1.07 bits per heavy atom. The minimum absolute atomic E-state index is 0.130. The number of nitrogens with zero attached hydrogens (tertiary/aromatic N) is 3. The third-order valence-corrected chi connectivity index (χ3v) is 4.05. The van der Waals surface area contributed by atoms with Gasteiger partial charge in [-0.05, 0) is 30.3 Å². The van der Waals surface area contributed by atoms with Crippen LogP contribution in [0.4, 0.5) is 4.39 Å². The molecule has 2 aromatic carbocycles. The molecule has 7 heteroatoms. The molecule has 1 aromatic heterocycles. The molecule has 0 bridgehead atoms. The Kier molecular flexibility index (Phi) is 5.40. The van der Waals surface area contributed by atoms with E-state index in [0.29, 0.717) is 23.7 Å². The highest BCUT2D eigenvalue weighted by molar-refractivity contribution is 6.15. The van der Waals surface area contributed by atoms with Crippen molar-refractivity contribution in [3.63, 3.8) is 0 Å². The number of hydrogen-bond acceptors (Lipinski definition) is 5. The Morgan fingerprint density at radius 3 is 2.37 bits per heavy atom. The van der Waals surface area contributed by atoms with E-state index in [-0.39, 0.29) is 29.4 Å². The van der Waals surface area contributed by atoms with Crippen LogP contribution in [0.2, 0.25) is 0 Å². The van der Waals surface area contributed by atoms with Crippen molar-refractivity contribution in [1.82, 2.24) is 15.0 Å². The number of hydrogen-bond donors (Lipinski definition) is 0. The van der Waals surface area contributed by atoms with E-state index in [9.17, 15) is 14.0 Å². The first-order valence-electron chi connectivity index (χ1n) is 8.45. The molecule has 0 atom stereocenters. The third-order valence-electron chi connectivity index (χ3n) is 4.05. The Balaban J connectivity index is 1.84. The summed E-state index contributed by atoms with van der Waals surface area (Å²) in [6, 6.07) is 11.7. The zero-order valence-electron chi connectivity index (χ0n) is 15.0. The van der Waals surface area contributed by atoms with Crippen molar-refractivity contribution < 1.29 is 18.5 Å². The molecule has 0 unspecified atom stereocenters. The molecule has 1 heterocycles. The number of aromatic nitrogens is 2. The summed E-state index contributed by atoms with van der Waals surface area (Å²) in [5.74, 6) is -0.236. The van der Waals surface area contributed by atoms with Crippen molar-refractivity contribution in [2.45, 2.75) is 19.9 Å². The van der Waals surface area contributed by atoms with Crippen LogP contribution in [0.15, 0.2) is 53.1 Å². The van der Waals surface area contributed by atoms with Crippen LogP contribution in [0, 0.1) is 5.82 Å². The number of benzene rings is 2. The largest absolute Gasteiger partial charge is 0.337 e. The summed E-state index contributed by atoms with van der Waals surface area (Å²) in [6.45, 7) is 2.03. The summed E-state index contributed by atoms with van der Waals surface area (Å²) < 4.78 is 18.2. The summed E-state index contributed by atoms with van der Waals surface area (Å²) in [5.41, 5.74) is 0.814. The number of rotatable bonds is 6. The number of carbonyl (C=O) groups excluding carboxylic acids is 2. The topological polar surface area (TPSA) is 76.3 Å². The van der Waals surface area contributed by atoms with Gasteiger partial charge in [0, 0.05) is 24.6 Å². The first kappa shape index (κ1) is 18.4. The normalized spacial score (nSPS) is 10.6. The number of carbonyl (C=O) groups is 2. The van der Waals surface area contributed by atoms with Gasteiger partial charge >= 0.3 is 0 Å². The number of aryl methyl sites for hydroxylation is 1. The Bertz CT molecular complexity index is 967. The summed E-state index contributed by atoms with van der Waals surface area (Å²) in [5, 5.41) is 3.80. The Morgan fingerprint density at radius 2 is 1.74 bits per heavy atom. The molecule has 0 saturated carbocycles. The van der Waals surface area contributed by atoms with Gasteiger partial charge in [0.05, 0.1) is 12.1 Å². The second-order valence-corrected chi connectivity index (χ2v) is 6.00. The van der Waals surface area contributed by atoms with Crippen molar-refractivity contribution >= 4 is 11.7 Å². The molecule has 0 saturated heterocycles. The van der Waals surface area contributed by atoms with E-state index >= 15 is 0 Å². The molecule has 0 N–H and O–H groups in total. The van der Waals surface area contributed by atoms with Crippen LogP contribution in [-0.4, -0.2) is 33.8 Å². The molecular weight excluding hydrogens is 349 g/mol. The van der Waals surface area contributed by atoms with E-state index in [4.69, 9.17) is 4.52 Å². The second-order valence-electron chi connectivity index (χ2n) is 6.00. The van der Waals surface area contributed by atoms with Gasteiger partial charge in [-0.1, -0.05) is 30.3 Å². The average molecular weight is 367 g/mol. The quantitative estimate of drug-likeness (QED) is 0.625. The van der Waals surface area contributed by atoms with Crippen LogP contribution in [0.25, 0.3) is 0 Å². The fourth-order valence-electron chi connectivity index (χ4n) is 2.60. The summed E-state index contributed by atoms with van der Waals surface area (Å²) in [7, 11) is 1.59. The average Bonchev–Trinajstić information content (AvgIpc) is 3.15. The summed E-state index contributed by atoms with van der Waals surface area (Å²) in [4.78, 5) is 31.2. The van der Waals surface area contributed by atoms with Crippen LogP contribution in [0.1, 0.15) is 44.9 Å². The van der Waals surface area contributed by atoms with E-state index < -0.39 is 5.82 Å². The minimum atomic E-state index is -0.429. The maximum absolute atomic E-state index is 13.1. The highest BCUT2D eigenvalue weighted by Crippen LogP contribution is 2.17. The summed E-state index contributed by atoms with van der Waals surface area (Å²) >= 11 is 0. The fourth-order valence-corrected chi connectivity index (χ4v) is 2.60. The van der Waals surface area contributed by atoms with Crippen LogP contribution in [-0.2, 0) is 13.0 Å². The monoisotopic (exact) mass is 367 g/mol. The van der Waals surface area contributed by atoms with Gasteiger partial charge in [-0.2, -0.15) is 4.98 Å². The molecule has 138 valence electrons. The van der Waals surface area contributed by atoms with Crippen LogP contribution < -0.4 is 0 Å². The first-order chi connectivity index (χ1) is 13.0. The molecule has 3 aromatic rings. The van der Waals surface area contributed by atoms with E-state index in [0.717, 1.165) is 0 Å². The standard InChI is InChI=1S/C20H18FN3O3/c1-3-17-22-18(27-23-17)12-24(2)20(26)16-7-5-4-6-15(16)19(25)13-8-10-14(21)11-9-13/h4-11H,3,12H2,1-2H3. The lowest BCUT2D eigenvalue weighted by atomic mass is 9.97. The minimum Gasteiger partial charge on any atom is -0.337 e. The molecule has 27 heavy (non-hydrogen) atoms. The van der Waals surface area contributed by atoms with Gasteiger partial charge in [-0.3, -0.25) is 9.59 Å². The van der Waals surface area contributed by atoms with E-state index in [1.807, 2.05) is 6.92 Å². The predicted molar refractivity (Wildman–Crippen MR) is 95.7 cm³/mol. The molecule has 0 radical (unpaired) electrons. The molecule has 0 aliphatic heterocycles. The third kappa shape index (κ3) is 4.08. The van der Waals surface area contributed by atoms with Crippen LogP contribution >= 0.6 is 0 Å². The molecule has 6 nitrogen and oxygen atoms in total. The molecule has 1 amide bonds. The van der Waals surface area contributed by atoms with E-state index in [1.54, 1.807) is 31.3 Å². The van der Waals surface area contributed by atoms with Gasteiger partial charge in [-0.25, -0.2) is 4.39 Å². The number of ketones is 1. The zero-order chi connectivity index (χ0) is 19.4. The van der Waals surface area contributed by atoms with Crippen LogP contribution in [0.5, 0.6) is 0 Å². The van der Waals surface area contributed by atoms with Gasteiger partial charge < -0.3 is 9.42 Å². The molecule has 3 rings (SSSR count). The number of amides is 1. The zero-order valence-corrected chi connectivity index (χ0v) is 15.0. The maximum atomic E-state index is 13.1. The van der Waals surface area contributed by atoms with Gasteiger partial charge in [-0.15, -0.1) is 0 Å². The van der Waals surface area contributed by atoms with Crippen molar-refractivity contribution in [2.24, 2.45) is 0 Å². The lowest BCUT2D eigenvalue weighted by Crippen LogP contribution is -2.28. The second kappa shape index (κ2) is 7.90. The van der Waals surface area contributed by atoms with Crippen molar-refractivity contribution in [1.29, 1.82) is 0 Å². The van der Waals surface area contributed by atoms with Gasteiger partial charge in [0.15, 0.2) is 11.6 Å². The SMILES string of the molecule is CCc1noc(CN(C)C(=O)c2ccccc2C(=O)c2ccc(F)cc2)n1. The first-order valence-corrected chi connectivity index (χ1v) is 8.45. The van der Waals surface area contributed by atoms with E-state index in [1.165, 1.54) is 29.2 Å². The van der Waals surface area contributed by atoms with Crippen molar-refractivity contribution in [2.75, 3.05) is 7.05 Å². The maximum Gasteiger partial charge on any atom is 0.254 e. The van der Waals surface area contributed by atoms with Gasteiger partial charge in [0.2, 0.25) is 5.89 Å². The smallest absolute Gasteiger partial charge is 0.254 e. The number of halogens is 1. The van der Waals surface area contributed by atoms with Gasteiger partial charge in [0.25, 0.3) is 5.91 Å². The molecule has 0 fully saturated rings. The Labute approximate surface area is 155 Å². The highest BCUT2D eigenvalue weighted by Gasteiger charge is 2.22.